The number of halogens is 2. The molecule has 0 aliphatic heterocycles. The van der Waals surface area contributed by atoms with Gasteiger partial charge in [0.25, 0.3) is 0 Å². The molecule has 632 valence electrons. The number of primary amides is 2. The number of amides is 6. The second kappa shape index (κ2) is 47.2. The first kappa shape index (κ1) is 98.3. The average molecular weight is 1630 g/mol. The molecule has 25 nitrogen and oxygen atoms in total. The summed E-state index contributed by atoms with van der Waals surface area (Å²) in [5, 5.41) is 40.3. The van der Waals surface area contributed by atoms with Crippen molar-refractivity contribution >= 4 is 77.5 Å². The lowest BCUT2D eigenvalue weighted by Crippen LogP contribution is -2.70. The molecule has 6 amide bonds. The highest BCUT2D eigenvalue weighted by Gasteiger charge is 2.78. The number of esters is 1. The summed E-state index contributed by atoms with van der Waals surface area (Å²) in [7, 11) is -3.93. The molecule has 5 aliphatic rings. The number of carbonyl (C=O) groups is 10. The lowest BCUT2D eigenvalue weighted by Gasteiger charge is -2.63. The predicted molar refractivity (Wildman–Crippen MR) is 431 cm³/mol. The lowest BCUT2D eigenvalue weighted by molar-refractivity contribution is -0.228. The van der Waals surface area contributed by atoms with E-state index in [0.717, 1.165) is 117 Å². The number of nitrogens with two attached hydrogens (primary N) is 3. The van der Waals surface area contributed by atoms with E-state index in [1.807, 2.05) is 34.6 Å². The fraction of sp³-hybridized carbons (Fsp3) is 0.667. The number of urea groups is 2. The molecule has 7 rings (SSSR count). The van der Waals surface area contributed by atoms with Gasteiger partial charge in [0.1, 0.15) is 18.9 Å². The molecule has 3 saturated carbocycles. The number of unbranched alkanes of at least 4 members (excludes halogenated alkanes) is 7. The third-order valence-corrected chi connectivity index (χ3v) is 24.7. The number of aliphatic hydroxyl groups is 3. The van der Waals surface area contributed by atoms with Gasteiger partial charge in [-0.25, -0.2) is 18.4 Å². The van der Waals surface area contributed by atoms with Crippen LogP contribution in [0, 0.1) is 58.2 Å². The number of aliphatic hydroxyl groups excluding tert-OH is 3. The maximum atomic E-state index is 17.6. The number of ketones is 4. The molecule has 14 atom stereocenters. The fourth-order valence-corrected chi connectivity index (χ4v) is 18.0. The van der Waals surface area contributed by atoms with Gasteiger partial charge in [0.2, 0.25) is 16.9 Å². The van der Waals surface area contributed by atoms with Crippen LogP contribution in [0.5, 0.6) is 0 Å². The number of benzene rings is 2. The molecule has 5 aliphatic carbocycles. The first-order valence-corrected chi connectivity index (χ1v) is 42.6. The molecule has 3 fully saturated rings. The molecule has 0 radical (unpaired) electrons. The molecule has 29 heteroatoms. The minimum Gasteiger partial charge on any atom is -0.449 e. The molecule has 0 bridgehead atoms. The predicted octanol–water partition coefficient (Wildman–Crippen LogP) is 10.5. The maximum absolute atomic E-state index is 17.6. The second-order valence-corrected chi connectivity index (χ2v) is 34.6. The summed E-state index contributed by atoms with van der Waals surface area (Å²) in [5.41, 5.74) is 12.6. The van der Waals surface area contributed by atoms with E-state index in [1.54, 1.807) is 69.3 Å². The fourth-order valence-electron chi connectivity index (χ4n) is 16.1. The number of alkyl halides is 2. The monoisotopic (exact) mass is 1620 g/mol. The molecule has 15 N–H and O–H groups in total. The van der Waals surface area contributed by atoms with E-state index in [4.69, 9.17) is 41.6 Å². The Bertz CT molecular complexity index is 3660. The minimum absolute atomic E-state index is 0. The van der Waals surface area contributed by atoms with Crippen LogP contribution in [0.1, 0.15) is 226 Å². The van der Waals surface area contributed by atoms with Crippen LogP contribution >= 0.6 is 19.4 Å². The highest BCUT2D eigenvalue weighted by molar-refractivity contribution is 8.13. The van der Waals surface area contributed by atoms with E-state index >= 15 is 8.78 Å². The standard InChI is InChI=1S/C34H51F2O8PS.C30H43N3O6.C19H30N4O4.CH4/c1-5-29(39)44-34(30(40)46-17-13-11-9-7-6-8-10-12-16-45(41,42)43)22(2)18-24-25-20-27(35)26-19-23(37)14-15-31(26,3)33(25,36)28(38)21-32(24,34)4;1-21(2)26(18-24(35)20-39-25-9-6-4-3-5-7-10-25)29(37)33-27(11-8-16-32-30(31)38)28(36)17-22-12-14-23(19-34)15-13-22;1-12(2)17(20)18(26)23-15(4-3-9-22-19(21)27)16(25)10-13-5-7-14(11-24)8-6-13;/h14-15,19,22,24-25,27-28,38H,5-13,16-18,20-21H2,1-4H3,(H2,41,42,43);12-15,21,25-27,34H,3-6,8-9,11,16-20H2,1-2H3,(H,33,37)(H3,31,32,38);5-8,12,15,17,24H,3-4,9-11,20H2,1-2H3,(H,23,26)(H3,21,22,27);1H4/t22-,24+,25+,27+,28+,31+,32+,33+,34+;25?,26-,27?;15?,17-;/m100./s1. The van der Waals surface area contributed by atoms with Crippen molar-refractivity contribution in [3.05, 3.63) is 94.6 Å². The molecule has 0 spiro atoms. The van der Waals surface area contributed by atoms with Crippen molar-refractivity contribution in [1.82, 2.24) is 21.3 Å². The van der Waals surface area contributed by atoms with Gasteiger partial charge in [-0.3, -0.25) is 42.9 Å². The number of hydrogen-bond acceptors (Lipinski definition) is 18. The first-order valence-electron chi connectivity index (χ1n) is 39.8. The number of hydrogen-bond donors (Lipinski definition) is 12. The van der Waals surface area contributed by atoms with Crippen LogP contribution in [-0.2, 0) is 78.5 Å². The van der Waals surface area contributed by atoms with Crippen molar-refractivity contribution in [2.45, 2.75) is 278 Å². The van der Waals surface area contributed by atoms with Crippen LogP contribution in [-0.4, -0.2) is 163 Å². The summed E-state index contributed by atoms with van der Waals surface area (Å²) in [4.78, 5) is 143. The van der Waals surface area contributed by atoms with Crippen LogP contribution in [0.25, 0.3) is 0 Å². The zero-order chi connectivity index (χ0) is 83.2. The van der Waals surface area contributed by atoms with Crippen molar-refractivity contribution < 1.29 is 95.9 Å². The van der Waals surface area contributed by atoms with Crippen LogP contribution in [0.2, 0.25) is 0 Å². The number of thioether (sulfide) groups is 1. The van der Waals surface area contributed by atoms with E-state index in [-0.39, 0.29) is 136 Å². The van der Waals surface area contributed by atoms with Crippen LogP contribution in [0.4, 0.5) is 18.4 Å². The summed E-state index contributed by atoms with van der Waals surface area (Å²) in [6, 6.07) is 10.6. The smallest absolute Gasteiger partial charge is 0.325 e. The highest BCUT2D eigenvalue weighted by atomic mass is 32.2. The molecule has 3 unspecified atom stereocenters. The lowest BCUT2D eigenvalue weighted by atomic mass is 9.44. The Kier molecular flexibility index (Phi) is 41.1. The number of nitrogens with one attached hydrogen (secondary N) is 4. The van der Waals surface area contributed by atoms with E-state index in [0.29, 0.717) is 50.8 Å². The van der Waals surface area contributed by atoms with Gasteiger partial charge in [0.15, 0.2) is 34.4 Å². The Morgan fingerprint density at radius 1 is 0.726 bits per heavy atom. The van der Waals surface area contributed by atoms with Crippen LogP contribution in [0.3, 0.4) is 0 Å². The molecule has 2 aromatic rings. The van der Waals surface area contributed by atoms with Gasteiger partial charge in [-0.2, -0.15) is 0 Å². The van der Waals surface area contributed by atoms with Crippen molar-refractivity contribution in [2.24, 2.45) is 63.5 Å². The molecule has 0 aromatic heterocycles. The highest BCUT2D eigenvalue weighted by Crippen LogP contribution is 2.72. The van der Waals surface area contributed by atoms with Crippen LogP contribution in [0.15, 0.2) is 72.3 Å². The van der Waals surface area contributed by atoms with E-state index in [9.17, 15) is 62.7 Å². The Balaban J connectivity index is 0.000000368. The largest absolute Gasteiger partial charge is 0.449 e. The van der Waals surface area contributed by atoms with E-state index in [1.165, 1.54) is 12.2 Å². The average Bonchev–Trinajstić information content (AvgIpc) is 1.58. The molecule has 0 heterocycles. The topological polar surface area (TPSA) is 434 Å². The van der Waals surface area contributed by atoms with Gasteiger partial charge in [-0.1, -0.05) is 173 Å². The quantitative estimate of drug-likeness (QED) is 0.0127. The summed E-state index contributed by atoms with van der Waals surface area (Å²) >= 11 is 1.11. The third kappa shape index (κ3) is 28.7. The van der Waals surface area contributed by atoms with Crippen molar-refractivity contribution in [3.8, 4) is 11.8 Å². The van der Waals surface area contributed by atoms with Gasteiger partial charge in [-0.15, -0.1) is 5.92 Å². The normalized spacial score (nSPS) is 24.5. The van der Waals surface area contributed by atoms with Crippen molar-refractivity contribution in [3.63, 3.8) is 0 Å². The van der Waals surface area contributed by atoms with Crippen molar-refractivity contribution in [2.75, 3.05) is 31.6 Å². The van der Waals surface area contributed by atoms with Gasteiger partial charge in [0, 0.05) is 85.7 Å². The third-order valence-electron chi connectivity index (χ3n) is 22.7. The number of rotatable bonds is 41. The SMILES string of the molecule is C.CC(C)[C@H](CC(=O)COC1C#CCCCCC1)C(=O)NC(CCCNC(N)=O)C(=O)Cc1ccc(CO)cc1.CC(C)[C@H](N)C(=O)NC(CCCNC(N)=O)C(=O)Cc1ccc(CO)cc1.CCC(=O)O[C@]1(C(=O)SCCCCCCCCCCP(=O)(O)O)[C@H](C)C[C@H]2[C@@H]3C[C@H](F)C4=CC(=O)C=C[C@]4(C)[C@@]3(F)[C@@H](O)C[C@@]21C. The molecule has 113 heavy (non-hydrogen) atoms. The zero-order valence-electron chi connectivity index (χ0n) is 66.6. The van der Waals surface area contributed by atoms with Gasteiger partial charge in [-0.05, 0) is 142 Å². The Hall–Kier alpha value is -7.06. The first-order chi connectivity index (χ1) is 52.9. The zero-order valence-corrected chi connectivity index (χ0v) is 68.3. The second-order valence-electron chi connectivity index (χ2n) is 31.7. The number of ether oxygens (including phenoxy) is 2. The molecule has 0 saturated heterocycles. The van der Waals surface area contributed by atoms with Gasteiger partial charge in [0.05, 0.1) is 37.4 Å². The van der Waals surface area contributed by atoms with Gasteiger partial charge >= 0.3 is 25.6 Å². The van der Waals surface area contributed by atoms with Gasteiger partial charge < -0.3 is 73.0 Å². The summed E-state index contributed by atoms with van der Waals surface area (Å²) in [5.74, 6) is 1.71. The number of allylic oxidation sites excluding steroid dienone is 4. The summed E-state index contributed by atoms with van der Waals surface area (Å²) < 4.78 is 56.2. The molecule has 2 aromatic carbocycles. The number of fused-ring (bicyclic) bond motifs is 5. The van der Waals surface area contributed by atoms with Crippen LogP contribution < -0.4 is 38.5 Å². The summed E-state index contributed by atoms with van der Waals surface area (Å²) in [6.07, 6.45) is 13.8. The minimum atomic E-state index is -3.93. The maximum Gasteiger partial charge on any atom is 0.325 e. The Morgan fingerprint density at radius 3 is 1.75 bits per heavy atom. The molecular formula is C84H128F2N7O18PS. The Morgan fingerprint density at radius 2 is 1.25 bits per heavy atom. The van der Waals surface area contributed by atoms with E-state index in [2.05, 4.69) is 33.1 Å². The van der Waals surface area contributed by atoms with E-state index < -0.39 is 108 Å². The van der Waals surface area contributed by atoms with Crippen molar-refractivity contribution in [1.29, 1.82) is 0 Å². The summed E-state index contributed by atoms with van der Waals surface area (Å²) in [6.45, 7) is 14.6. The number of Topliss-reactive ketones (excluding diaryl/α,β-unsaturated/α-hetero) is 3. The number of carbonyl (C=O) groups excluding carboxylic acids is 10. The Labute approximate surface area is 670 Å². The molecular weight excluding hydrogens is 1500 g/mol.